The molecule has 0 fully saturated rings. The van der Waals surface area contributed by atoms with E-state index in [0.29, 0.717) is 16.3 Å². The van der Waals surface area contributed by atoms with E-state index in [4.69, 9.17) is 11.6 Å². The van der Waals surface area contributed by atoms with E-state index in [1.165, 1.54) is 41.2 Å². The predicted octanol–water partition coefficient (Wildman–Crippen LogP) is 3.91. The van der Waals surface area contributed by atoms with E-state index in [1.54, 1.807) is 24.3 Å². The fraction of sp³-hybridized carbons (Fsp3) is 0.0500. The highest BCUT2D eigenvalue weighted by Crippen LogP contribution is 2.35. The minimum atomic E-state index is -1.18. The van der Waals surface area contributed by atoms with Crippen LogP contribution in [0.15, 0.2) is 66.5 Å². The Bertz CT molecular complexity index is 1140. The molecule has 1 amide bonds. The van der Waals surface area contributed by atoms with Crippen molar-refractivity contribution in [2.45, 2.75) is 6.04 Å². The molecule has 2 aromatic carbocycles. The summed E-state index contributed by atoms with van der Waals surface area (Å²) in [5.41, 5.74) is 1.07. The predicted molar refractivity (Wildman–Crippen MR) is 106 cm³/mol. The Morgan fingerprint density at radius 2 is 1.90 bits per heavy atom. The lowest BCUT2D eigenvalue weighted by atomic mass is 10.0. The van der Waals surface area contributed by atoms with Crippen LogP contribution in [0.2, 0.25) is 5.02 Å². The van der Waals surface area contributed by atoms with Crippen LogP contribution in [0.25, 0.3) is 0 Å². The fourth-order valence-electron chi connectivity index (χ4n) is 3.05. The number of aliphatic carboxylic acids is 1. The number of carbonyl (C=O) groups is 2. The van der Waals surface area contributed by atoms with Crippen LogP contribution in [0.4, 0.5) is 15.9 Å². The molecule has 0 spiro atoms. The molecule has 7 nitrogen and oxygen atoms in total. The number of allylic oxidation sites excluding steroid dienone is 1. The van der Waals surface area contributed by atoms with Gasteiger partial charge < -0.3 is 15.7 Å². The van der Waals surface area contributed by atoms with E-state index >= 15 is 0 Å². The van der Waals surface area contributed by atoms with Crippen molar-refractivity contribution in [3.8, 4) is 0 Å². The number of anilines is 2. The van der Waals surface area contributed by atoms with Crippen molar-refractivity contribution in [2.24, 2.45) is 0 Å². The number of aromatic nitrogens is 2. The number of nitrogens with one attached hydrogen (secondary N) is 2. The number of carboxylic acids is 1. The van der Waals surface area contributed by atoms with E-state index in [9.17, 15) is 19.1 Å². The normalized spacial score (nSPS) is 15.1. The average Bonchev–Trinajstić information content (AvgIpc) is 3.13. The van der Waals surface area contributed by atoms with Crippen LogP contribution >= 0.6 is 11.6 Å². The van der Waals surface area contributed by atoms with Gasteiger partial charge in [0.25, 0.3) is 5.91 Å². The number of carbonyl (C=O) groups excluding carboxylic acids is 1. The molecule has 3 N–H and O–H groups in total. The zero-order valence-electron chi connectivity index (χ0n) is 14.8. The van der Waals surface area contributed by atoms with Crippen molar-refractivity contribution < 1.29 is 19.1 Å². The largest absolute Gasteiger partial charge is 0.477 e. The Kier molecular flexibility index (Phi) is 4.77. The summed E-state index contributed by atoms with van der Waals surface area (Å²) in [6.07, 6.45) is 2.81. The maximum Gasteiger partial charge on any atom is 0.352 e. The van der Waals surface area contributed by atoms with Crippen LogP contribution in [0.5, 0.6) is 0 Å². The summed E-state index contributed by atoms with van der Waals surface area (Å²) in [5.74, 6) is -1.91. The van der Waals surface area contributed by atoms with Crippen LogP contribution in [-0.4, -0.2) is 26.8 Å². The number of hydrogen-bond donors (Lipinski definition) is 3. The minimum Gasteiger partial charge on any atom is -0.477 e. The molecule has 1 aliphatic rings. The van der Waals surface area contributed by atoms with Crippen molar-refractivity contribution >= 4 is 35.0 Å². The molecule has 0 radical (unpaired) electrons. The molecule has 3 aromatic rings. The van der Waals surface area contributed by atoms with Gasteiger partial charge in [0.1, 0.15) is 28.9 Å². The van der Waals surface area contributed by atoms with Gasteiger partial charge in [0, 0.05) is 10.7 Å². The Morgan fingerprint density at radius 3 is 2.59 bits per heavy atom. The van der Waals surface area contributed by atoms with E-state index in [1.807, 2.05) is 0 Å². The molecule has 4 rings (SSSR count). The lowest BCUT2D eigenvalue weighted by Crippen LogP contribution is -2.25. The quantitative estimate of drug-likeness (QED) is 0.603. The Balaban J connectivity index is 1.73. The van der Waals surface area contributed by atoms with Crippen molar-refractivity contribution in [1.82, 2.24) is 9.78 Å². The van der Waals surface area contributed by atoms with Crippen LogP contribution in [0.1, 0.15) is 22.0 Å². The molecule has 0 saturated heterocycles. The maximum absolute atomic E-state index is 13.1. The Hall–Kier alpha value is -3.65. The SMILES string of the molecule is O=C(O)C1=C[C@H](c2ccccc2Cl)n2ncc(C(=O)Nc3ccc(F)cc3)c2N1. The molecule has 0 aliphatic carbocycles. The second kappa shape index (κ2) is 7.40. The topological polar surface area (TPSA) is 96.2 Å². The van der Waals surface area contributed by atoms with E-state index in [-0.39, 0.29) is 17.1 Å². The summed E-state index contributed by atoms with van der Waals surface area (Å²) in [6, 6.07) is 11.7. The summed E-state index contributed by atoms with van der Waals surface area (Å²) in [6.45, 7) is 0. The molecule has 9 heteroatoms. The number of fused-ring (bicyclic) bond motifs is 1. The zero-order valence-corrected chi connectivity index (χ0v) is 15.5. The van der Waals surface area contributed by atoms with Gasteiger partial charge in [-0.1, -0.05) is 29.8 Å². The van der Waals surface area contributed by atoms with Gasteiger partial charge in [0.05, 0.1) is 6.20 Å². The van der Waals surface area contributed by atoms with Gasteiger partial charge in [-0.25, -0.2) is 13.9 Å². The number of halogens is 2. The third-order valence-electron chi connectivity index (χ3n) is 4.44. The van der Waals surface area contributed by atoms with Crippen LogP contribution in [-0.2, 0) is 4.79 Å². The molecule has 146 valence electrons. The van der Waals surface area contributed by atoms with Crippen LogP contribution < -0.4 is 10.6 Å². The molecule has 1 aromatic heterocycles. The third-order valence-corrected chi connectivity index (χ3v) is 4.78. The van der Waals surface area contributed by atoms with Crippen molar-refractivity contribution in [1.29, 1.82) is 0 Å². The molecule has 0 saturated carbocycles. The molecule has 29 heavy (non-hydrogen) atoms. The van der Waals surface area contributed by atoms with Gasteiger partial charge in [-0.2, -0.15) is 5.10 Å². The Morgan fingerprint density at radius 1 is 1.17 bits per heavy atom. The highest BCUT2D eigenvalue weighted by molar-refractivity contribution is 6.31. The molecular weight excluding hydrogens is 399 g/mol. The summed E-state index contributed by atoms with van der Waals surface area (Å²) >= 11 is 6.29. The van der Waals surface area contributed by atoms with Gasteiger partial charge in [-0.3, -0.25) is 4.79 Å². The van der Waals surface area contributed by atoms with Gasteiger partial charge in [-0.15, -0.1) is 0 Å². The summed E-state index contributed by atoms with van der Waals surface area (Å²) in [7, 11) is 0. The van der Waals surface area contributed by atoms with Crippen molar-refractivity contribution in [3.63, 3.8) is 0 Å². The number of amides is 1. The molecule has 0 bridgehead atoms. The van der Waals surface area contributed by atoms with Gasteiger partial charge in [-0.05, 0) is 42.0 Å². The highest BCUT2D eigenvalue weighted by atomic mass is 35.5. The second-order valence-corrected chi connectivity index (χ2v) is 6.70. The van der Waals surface area contributed by atoms with Gasteiger partial charge >= 0.3 is 5.97 Å². The highest BCUT2D eigenvalue weighted by Gasteiger charge is 2.30. The first-order valence-electron chi connectivity index (χ1n) is 8.55. The summed E-state index contributed by atoms with van der Waals surface area (Å²) < 4.78 is 14.6. The summed E-state index contributed by atoms with van der Waals surface area (Å²) in [5, 5.41) is 19.6. The first-order chi connectivity index (χ1) is 13.9. The lowest BCUT2D eigenvalue weighted by Gasteiger charge is -2.25. The fourth-order valence-corrected chi connectivity index (χ4v) is 3.30. The number of rotatable bonds is 4. The minimum absolute atomic E-state index is 0.0984. The van der Waals surface area contributed by atoms with Gasteiger partial charge in [0.2, 0.25) is 0 Å². The van der Waals surface area contributed by atoms with Crippen molar-refractivity contribution in [2.75, 3.05) is 10.6 Å². The molecule has 2 heterocycles. The van der Waals surface area contributed by atoms with E-state index < -0.39 is 23.7 Å². The number of nitrogens with zero attached hydrogens (tertiary/aromatic N) is 2. The van der Waals surface area contributed by atoms with Crippen LogP contribution in [0, 0.1) is 5.82 Å². The Labute approximate surface area is 169 Å². The van der Waals surface area contributed by atoms with Crippen molar-refractivity contribution in [3.05, 3.63) is 88.5 Å². The van der Waals surface area contributed by atoms with Crippen LogP contribution in [0.3, 0.4) is 0 Å². The van der Waals surface area contributed by atoms with E-state index in [2.05, 4.69) is 15.7 Å². The second-order valence-electron chi connectivity index (χ2n) is 6.29. The monoisotopic (exact) mass is 412 g/mol. The number of hydrogen-bond acceptors (Lipinski definition) is 4. The standard InChI is InChI=1S/C20H14ClFN4O3/c21-15-4-2-1-3-13(15)17-9-16(20(28)29)25-18-14(10-23-26(17)18)19(27)24-12-7-5-11(22)6-8-12/h1-10,17,25H,(H,24,27)(H,28,29)/t17-/m1/s1. The van der Waals surface area contributed by atoms with Gasteiger partial charge in [0.15, 0.2) is 0 Å². The maximum atomic E-state index is 13.1. The molecule has 0 unspecified atom stereocenters. The third kappa shape index (κ3) is 3.57. The molecular formula is C20H14ClFN4O3. The number of carboxylic acid groups (broad SMARTS) is 1. The zero-order chi connectivity index (χ0) is 20.5. The first-order valence-corrected chi connectivity index (χ1v) is 8.93. The number of benzene rings is 2. The lowest BCUT2D eigenvalue weighted by molar-refractivity contribution is -0.132. The average molecular weight is 413 g/mol. The smallest absolute Gasteiger partial charge is 0.352 e. The first kappa shape index (κ1) is 18.7. The summed E-state index contributed by atoms with van der Waals surface area (Å²) in [4.78, 5) is 24.3. The van der Waals surface area contributed by atoms with E-state index in [0.717, 1.165) is 0 Å². The molecule has 1 aliphatic heterocycles. The molecule has 1 atom stereocenters.